The van der Waals surface area contributed by atoms with Gasteiger partial charge in [-0.2, -0.15) is 0 Å². The Kier molecular flexibility index (Phi) is 2.74. The smallest absolute Gasteiger partial charge is 0.124 e. The summed E-state index contributed by atoms with van der Waals surface area (Å²) in [5.74, 6) is 0.999. The molecule has 0 heterocycles. The zero-order chi connectivity index (χ0) is 12.8. The van der Waals surface area contributed by atoms with Gasteiger partial charge in [0.1, 0.15) is 5.75 Å². The Morgan fingerprint density at radius 2 is 1.71 bits per heavy atom. The van der Waals surface area contributed by atoms with E-state index in [0.29, 0.717) is 5.41 Å². The Morgan fingerprint density at radius 3 is 2.00 bits per heavy atom. The molecule has 94 valence electrons. The predicted molar refractivity (Wildman–Crippen MR) is 71.6 cm³/mol. The van der Waals surface area contributed by atoms with Crippen molar-refractivity contribution in [3.63, 3.8) is 0 Å². The first-order valence-electron chi connectivity index (χ1n) is 6.24. The first-order valence-corrected chi connectivity index (χ1v) is 6.24. The van der Waals surface area contributed by atoms with E-state index >= 15 is 0 Å². The molecule has 2 N–H and O–H groups in total. The van der Waals surface area contributed by atoms with Crippen molar-refractivity contribution in [2.45, 2.75) is 39.5 Å². The van der Waals surface area contributed by atoms with Crippen LogP contribution in [0.5, 0.6) is 5.75 Å². The second-order valence-electron chi connectivity index (χ2n) is 5.99. The van der Waals surface area contributed by atoms with Gasteiger partial charge < -0.3 is 10.5 Å². The largest absolute Gasteiger partial charge is 0.496 e. The standard InChI is InChI=1S/C15H23NO/c1-10-6-12(7-11(2)13(10)17-5)15(9-16)8-14(15,3)4/h6-7H,8-9,16H2,1-5H3. The molecule has 1 unspecified atom stereocenters. The monoisotopic (exact) mass is 233 g/mol. The summed E-state index contributed by atoms with van der Waals surface area (Å²) in [6.07, 6.45) is 1.18. The molecule has 2 nitrogen and oxygen atoms in total. The van der Waals surface area contributed by atoms with Crippen molar-refractivity contribution in [1.82, 2.24) is 0 Å². The van der Waals surface area contributed by atoms with Gasteiger partial charge in [-0.3, -0.25) is 0 Å². The zero-order valence-electron chi connectivity index (χ0n) is 11.6. The summed E-state index contributed by atoms with van der Waals surface area (Å²) in [4.78, 5) is 0. The van der Waals surface area contributed by atoms with Crippen molar-refractivity contribution in [2.75, 3.05) is 13.7 Å². The van der Waals surface area contributed by atoms with Gasteiger partial charge in [-0.1, -0.05) is 26.0 Å². The van der Waals surface area contributed by atoms with Crippen LogP contribution in [0.1, 0.15) is 37.0 Å². The van der Waals surface area contributed by atoms with Gasteiger partial charge in [0, 0.05) is 12.0 Å². The van der Waals surface area contributed by atoms with Crippen molar-refractivity contribution in [2.24, 2.45) is 11.1 Å². The summed E-state index contributed by atoms with van der Waals surface area (Å²) in [7, 11) is 1.73. The molecule has 0 spiro atoms. The lowest BCUT2D eigenvalue weighted by molar-refractivity contribution is 0.407. The Labute approximate surface area is 104 Å². The average molecular weight is 233 g/mol. The number of methoxy groups -OCH3 is 1. The minimum atomic E-state index is 0.175. The van der Waals surface area contributed by atoms with Gasteiger partial charge >= 0.3 is 0 Å². The molecule has 1 aromatic rings. The van der Waals surface area contributed by atoms with Gasteiger partial charge in [0.15, 0.2) is 0 Å². The number of hydrogen-bond donors (Lipinski definition) is 1. The van der Waals surface area contributed by atoms with Crippen molar-refractivity contribution in [3.8, 4) is 5.75 Å². The minimum Gasteiger partial charge on any atom is -0.496 e. The molecule has 1 atom stereocenters. The fourth-order valence-electron chi connectivity index (χ4n) is 3.22. The molecule has 1 saturated carbocycles. The van der Waals surface area contributed by atoms with E-state index in [4.69, 9.17) is 10.5 Å². The molecule has 1 fully saturated rings. The van der Waals surface area contributed by atoms with Crippen LogP contribution in [0.3, 0.4) is 0 Å². The SMILES string of the molecule is COc1c(C)cc(C2(CN)CC2(C)C)cc1C. The highest BCUT2D eigenvalue weighted by Crippen LogP contribution is 2.64. The average Bonchev–Trinajstić information content (AvgIpc) is 2.82. The lowest BCUT2D eigenvalue weighted by atomic mass is 9.86. The maximum atomic E-state index is 6.02. The fourth-order valence-corrected chi connectivity index (χ4v) is 3.22. The molecular formula is C15H23NO. The maximum Gasteiger partial charge on any atom is 0.124 e. The van der Waals surface area contributed by atoms with Crippen molar-refractivity contribution < 1.29 is 4.74 Å². The van der Waals surface area contributed by atoms with E-state index in [1.54, 1.807) is 7.11 Å². The van der Waals surface area contributed by atoms with E-state index in [-0.39, 0.29) is 5.41 Å². The van der Waals surface area contributed by atoms with E-state index in [1.807, 2.05) is 0 Å². The summed E-state index contributed by atoms with van der Waals surface area (Å²) >= 11 is 0. The van der Waals surface area contributed by atoms with E-state index < -0.39 is 0 Å². The topological polar surface area (TPSA) is 35.2 Å². The summed E-state index contributed by atoms with van der Waals surface area (Å²) in [5, 5.41) is 0. The molecule has 1 aromatic carbocycles. The minimum absolute atomic E-state index is 0.175. The van der Waals surface area contributed by atoms with Gasteiger partial charge in [-0.05, 0) is 42.4 Å². The van der Waals surface area contributed by atoms with Gasteiger partial charge in [0.2, 0.25) is 0 Å². The molecule has 0 saturated heterocycles. The molecule has 1 aliphatic carbocycles. The molecule has 2 rings (SSSR count). The molecule has 0 amide bonds. The number of nitrogens with two attached hydrogens (primary N) is 1. The molecular weight excluding hydrogens is 210 g/mol. The summed E-state index contributed by atoms with van der Waals surface area (Å²) in [5.41, 5.74) is 10.3. The Bertz CT molecular complexity index is 427. The normalized spacial score (nSPS) is 25.8. The number of ether oxygens (including phenoxy) is 1. The number of hydrogen-bond acceptors (Lipinski definition) is 2. The van der Waals surface area contributed by atoms with Crippen LogP contribution in [0.15, 0.2) is 12.1 Å². The van der Waals surface area contributed by atoms with E-state index in [2.05, 4.69) is 39.8 Å². The van der Waals surface area contributed by atoms with Crippen LogP contribution in [0.25, 0.3) is 0 Å². The highest BCUT2D eigenvalue weighted by molar-refractivity contribution is 5.49. The first kappa shape index (κ1) is 12.4. The van der Waals surface area contributed by atoms with Gasteiger partial charge in [-0.25, -0.2) is 0 Å². The summed E-state index contributed by atoms with van der Waals surface area (Å²) in [6, 6.07) is 4.49. The molecule has 2 heteroatoms. The Morgan fingerprint density at radius 1 is 1.24 bits per heavy atom. The van der Waals surface area contributed by atoms with Crippen LogP contribution in [-0.4, -0.2) is 13.7 Å². The Hall–Kier alpha value is -1.02. The van der Waals surface area contributed by atoms with Crippen LogP contribution in [0, 0.1) is 19.3 Å². The predicted octanol–water partition coefficient (Wildman–Crippen LogP) is 2.94. The second-order valence-corrected chi connectivity index (χ2v) is 5.99. The van der Waals surface area contributed by atoms with Gasteiger partial charge in [-0.15, -0.1) is 0 Å². The molecule has 0 bridgehead atoms. The Balaban J connectivity index is 2.49. The second kappa shape index (κ2) is 3.74. The third-order valence-electron chi connectivity index (χ3n) is 4.48. The third-order valence-corrected chi connectivity index (χ3v) is 4.48. The number of rotatable bonds is 3. The molecule has 1 aliphatic rings. The summed E-state index contributed by atoms with van der Waals surface area (Å²) in [6.45, 7) is 9.54. The quantitative estimate of drug-likeness (QED) is 0.871. The van der Waals surface area contributed by atoms with Crippen LogP contribution < -0.4 is 10.5 Å². The van der Waals surface area contributed by atoms with Crippen LogP contribution in [-0.2, 0) is 5.41 Å². The van der Waals surface area contributed by atoms with Crippen LogP contribution in [0.4, 0.5) is 0 Å². The van der Waals surface area contributed by atoms with Crippen molar-refractivity contribution in [1.29, 1.82) is 0 Å². The third kappa shape index (κ3) is 1.66. The highest BCUT2D eigenvalue weighted by atomic mass is 16.5. The maximum absolute atomic E-state index is 6.02. The lowest BCUT2D eigenvalue weighted by Crippen LogP contribution is -2.25. The highest BCUT2D eigenvalue weighted by Gasteiger charge is 2.61. The van der Waals surface area contributed by atoms with Gasteiger partial charge in [0.25, 0.3) is 0 Å². The molecule has 0 radical (unpaired) electrons. The van der Waals surface area contributed by atoms with Crippen LogP contribution >= 0.6 is 0 Å². The summed E-state index contributed by atoms with van der Waals surface area (Å²) < 4.78 is 5.42. The fraction of sp³-hybridized carbons (Fsp3) is 0.600. The van der Waals surface area contributed by atoms with E-state index in [1.165, 1.54) is 23.1 Å². The van der Waals surface area contributed by atoms with E-state index in [0.717, 1.165) is 12.3 Å². The first-order chi connectivity index (χ1) is 7.88. The van der Waals surface area contributed by atoms with Gasteiger partial charge in [0.05, 0.1) is 7.11 Å². The zero-order valence-corrected chi connectivity index (χ0v) is 11.6. The molecule has 17 heavy (non-hydrogen) atoms. The number of benzene rings is 1. The van der Waals surface area contributed by atoms with Crippen molar-refractivity contribution in [3.05, 3.63) is 28.8 Å². The van der Waals surface area contributed by atoms with Crippen LogP contribution in [0.2, 0.25) is 0 Å². The molecule has 0 aliphatic heterocycles. The van der Waals surface area contributed by atoms with E-state index in [9.17, 15) is 0 Å². The van der Waals surface area contributed by atoms with Crippen molar-refractivity contribution >= 4 is 0 Å². The molecule has 0 aromatic heterocycles. The lowest BCUT2D eigenvalue weighted by Gasteiger charge is -2.21. The number of aryl methyl sites for hydroxylation is 2.